The minimum Gasteiger partial charge on any atom is -0.462 e. The maximum atomic E-state index is 12.8. The van der Waals surface area contributed by atoms with Crippen molar-refractivity contribution in [3.05, 3.63) is 81.5 Å². The molecule has 2 aromatic heterocycles. The summed E-state index contributed by atoms with van der Waals surface area (Å²) in [6, 6.07) is 11.3. The van der Waals surface area contributed by atoms with E-state index in [0.29, 0.717) is 21.0 Å². The third-order valence-corrected chi connectivity index (χ3v) is 6.53. The maximum absolute atomic E-state index is 12.8. The van der Waals surface area contributed by atoms with Crippen molar-refractivity contribution < 1.29 is 9.21 Å². The van der Waals surface area contributed by atoms with Gasteiger partial charge >= 0.3 is 0 Å². The Balaban J connectivity index is 1.55. The number of hydrogen-bond donors (Lipinski definition) is 1. The van der Waals surface area contributed by atoms with Crippen molar-refractivity contribution in [2.75, 3.05) is 0 Å². The molecule has 0 spiro atoms. The van der Waals surface area contributed by atoms with E-state index >= 15 is 0 Å². The van der Waals surface area contributed by atoms with Gasteiger partial charge in [0.25, 0.3) is 5.91 Å². The summed E-state index contributed by atoms with van der Waals surface area (Å²) in [5.41, 5.74) is 5.00. The first kappa shape index (κ1) is 20.5. The number of amidine groups is 2. The van der Waals surface area contributed by atoms with Gasteiger partial charge < -0.3 is 8.98 Å². The van der Waals surface area contributed by atoms with Gasteiger partial charge in [-0.2, -0.15) is 15.1 Å². The van der Waals surface area contributed by atoms with Gasteiger partial charge in [-0.25, -0.2) is 0 Å². The van der Waals surface area contributed by atoms with Crippen molar-refractivity contribution >= 4 is 51.4 Å². The number of nitrogens with zero attached hydrogens (tertiary/aromatic N) is 4. The Bertz CT molecular complexity index is 1380. The number of furan rings is 1. The molecule has 1 amide bonds. The molecule has 0 radical (unpaired) electrons. The quantitative estimate of drug-likeness (QED) is 0.533. The summed E-state index contributed by atoms with van der Waals surface area (Å²) in [4.78, 5) is 16.9. The Kier molecular flexibility index (Phi) is 4.91. The molecule has 0 bridgehead atoms. The van der Waals surface area contributed by atoms with Crippen molar-refractivity contribution in [3.63, 3.8) is 0 Å². The number of aromatic nitrogens is 1. The van der Waals surface area contributed by atoms with E-state index in [-0.39, 0.29) is 11.4 Å². The number of carbonyl (C=O) groups excluding carboxylic acids is 1. The lowest BCUT2D eigenvalue weighted by molar-refractivity contribution is -0.114. The van der Waals surface area contributed by atoms with Gasteiger partial charge in [-0.1, -0.05) is 17.7 Å². The average molecular weight is 464 g/mol. The summed E-state index contributed by atoms with van der Waals surface area (Å²) in [6.07, 6.45) is 3.26. The van der Waals surface area contributed by atoms with E-state index in [9.17, 15) is 4.79 Å². The number of aryl methyl sites for hydroxylation is 2. The van der Waals surface area contributed by atoms with Gasteiger partial charge in [0, 0.05) is 22.1 Å². The van der Waals surface area contributed by atoms with Crippen molar-refractivity contribution in [2.24, 2.45) is 10.1 Å². The number of hydrogen-bond acceptors (Lipinski definition) is 5. The molecule has 2 aliphatic heterocycles. The molecule has 0 saturated carbocycles. The lowest BCUT2D eigenvalue weighted by atomic mass is 10.1. The molecule has 0 fully saturated rings. The number of hydrazone groups is 1. The topological polar surface area (TPSA) is 86.9 Å². The number of fused-ring (bicyclic) bond motifs is 1. The van der Waals surface area contributed by atoms with Crippen LogP contribution < -0.4 is 0 Å². The zero-order chi connectivity index (χ0) is 22.6. The highest BCUT2D eigenvalue weighted by Crippen LogP contribution is 2.32. The first-order chi connectivity index (χ1) is 15.3. The number of halogens is 1. The van der Waals surface area contributed by atoms with Crippen LogP contribution in [-0.4, -0.2) is 31.5 Å². The first-order valence-electron chi connectivity index (χ1n) is 9.83. The zero-order valence-electron chi connectivity index (χ0n) is 17.5. The summed E-state index contributed by atoms with van der Waals surface area (Å²) in [5.74, 6) is 0.0875. The van der Waals surface area contributed by atoms with Crippen LogP contribution in [0.1, 0.15) is 28.3 Å². The van der Waals surface area contributed by atoms with Crippen LogP contribution >= 0.6 is 23.4 Å². The van der Waals surface area contributed by atoms with E-state index in [1.165, 1.54) is 16.8 Å². The van der Waals surface area contributed by atoms with Crippen LogP contribution in [0.2, 0.25) is 5.02 Å². The Labute approximate surface area is 193 Å². The summed E-state index contributed by atoms with van der Waals surface area (Å²) in [6.45, 7) is 6.00. The van der Waals surface area contributed by atoms with Crippen LogP contribution in [0.25, 0.3) is 11.8 Å². The van der Waals surface area contributed by atoms with E-state index in [1.54, 1.807) is 24.5 Å². The van der Waals surface area contributed by atoms with Gasteiger partial charge in [-0.3, -0.25) is 10.2 Å². The molecular formula is C23H18ClN5O2S. The van der Waals surface area contributed by atoms with Gasteiger partial charge in [0.05, 0.1) is 11.8 Å². The van der Waals surface area contributed by atoms with Crippen LogP contribution in [0, 0.1) is 26.2 Å². The number of aliphatic imine (C=N–C) groups is 1. The van der Waals surface area contributed by atoms with Crippen LogP contribution in [0.5, 0.6) is 0 Å². The zero-order valence-corrected chi connectivity index (χ0v) is 19.1. The Morgan fingerprint density at radius 3 is 2.75 bits per heavy atom. The highest BCUT2D eigenvalue weighted by Gasteiger charge is 2.36. The Hall–Kier alpha value is -3.36. The second-order valence-corrected chi connectivity index (χ2v) is 8.89. The van der Waals surface area contributed by atoms with Crippen LogP contribution in [0.15, 0.2) is 62.7 Å². The highest BCUT2D eigenvalue weighted by atomic mass is 35.5. The summed E-state index contributed by atoms with van der Waals surface area (Å²) < 4.78 is 7.48. The molecule has 0 saturated heterocycles. The Morgan fingerprint density at radius 2 is 2.00 bits per heavy atom. The molecule has 32 heavy (non-hydrogen) atoms. The van der Waals surface area contributed by atoms with E-state index in [2.05, 4.69) is 14.7 Å². The van der Waals surface area contributed by atoms with E-state index in [1.807, 2.05) is 45.0 Å². The van der Waals surface area contributed by atoms with Gasteiger partial charge in [-0.05, 0) is 80.1 Å². The highest BCUT2D eigenvalue weighted by molar-refractivity contribution is 8.27. The monoisotopic (exact) mass is 463 g/mol. The van der Waals surface area contributed by atoms with Gasteiger partial charge in [0.15, 0.2) is 16.6 Å². The molecule has 1 aromatic carbocycles. The Morgan fingerprint density at radius 1 is 1.19 bits per heavy atom. The number of nitrogens with one attached hydrogen (secondary N) is 1. The second kappa shape index (κ2) is 7.65. The lowest BCUT2D eigenvalue weighted by Crippen LogP contribution is -2.35. The smallest absolute Gasteiger partial charge is 0.283 e. The summed E-state index contributed by atoms with van der Waals surface area (Å²) in [5, 5.41) is 16.0. The molecule has 2 aliphatic rings. The molecule has 4 heterocycles. The third kappa shape index (κ3) is 3.32. The minimum atomic E-state index is -0.464. The number of carbonyl (C=O) groups is 1. The predicted molar refractivity (Wildman–Crippen MR) is 128 cm³/mol. The van der Waals surface area contributed by atoms with Crippen molar-refractivity contribution in [2.45, 2.75) is 20.8 Å². The molecule has 9 heteroatoms. The molecule has 5 rings (SSSR count). The predicted octanol–water partition coefficient (Wildman–Crippen LogP) is 5.32. The second-order valence-electron chi connectivity index (χ2n) is 7.50. The SMILES string of the molecule is Cc1ccc(Cl)cc1-n1c(C)cc(/C=C2\C(=N)N3N=C(c4ccco4)SC3=NC2=O)c1C. The standard InChI is InChI=1S/C23H18ClN5O2S/c1-12-6-7-16(24)11-18(12)28-13(2)9-15(14(28)3)10-17-20(25)29-23(26-21(17)30)32-22(27-29)19-5-4-8-31-19/h4-11,25H,1-3H3/b17-10+,25-20?. The molecule has 160 valence electrons. The molecule has 0 unspecified atom stereocenters. The number of amides is 1. The maximum Gasteiger partial charge on any atom is 0.283 e. The lowest BCUT2D eigenvalue weighted by Gasteiger charge is -2.20. The summed E-state index contributed by atoms with van der Waals surface area (Å²) >= 11 is 7.44. The number of benzene rings is 1. The van der Waals surface area contributed by atoms with Gasteiger partial charge in [0.1, 0.15) is 0 Å². The molecule has 1 N–H and O–H groups in total. The average Bonchev–Trinajstić information content (AvgIpc) is 3.47. The van der Waals surface area contributed by atoms with Crippen LogP contribution in [0.3, 0.4) is 0 Å². The summed E-state index contributed by atoms with van der Waals surface area (Å²) in [7, 11) is 0. The first-order valence-corrected chi connectivity index (χ1v) is 11.0. The molecule has 3 aromatic rings. The van der Waals surface area contributed by atoms with Crippen molar-refractivity contribution in [1.82, 2.24) is 9.58 Å². The van der Waals surface area contributed by atoms with E-state index in [4.69, 9.17) is 21.4 Å². The largest absolute Gasteiger partial charge is 0.462 e. The van der Waals surface area contributed by atoms with Crippen LogP contribution in [0.4, 0.5) is 0 Å². The van der Waals surface area contributed by atoms with E-state index < -0.39 is 5.91 Å². The number of rotatable bonds is 3. The van der Waals surface area contributed by atoms with E-state index in [0.717, 1.165) is 28.2 Å². The van der Waals surface area contributed by atoms with Crippen molar-refractivity contribution in [3.8, 4) is 5.69 Å². The van der Waals surface area contributed by atoms with Gasteiger partial charge in [0.2, 0.25) is 5.17 Å². The molecule has 0 atom stereocenters. The third-order valence-electron chi connectivity index (χ3n) is 5.37. The fourth-order valence-corrected chi connectivity index (χ4v) is 4.80. The number of thioether (sulfide) groups is 1. The molecule has 7 nitrogen and oxygen atoms in total. The van der Waals surface area contributed by atoms with Gasteiger partial charge in [-0.15, -0.1) is 0 Å². The fraction of sp³-hybridized carbons (Fsp3) is 0.130. The van der Waals surface area contributed by atoms with Crippen molar-refractivity contribution in [1.29, 1.82) is 5.41 Å². The minimum absolute atomic E-state index is 0.0159. The fourth-order valence-electron chi connectivity index (χ4n) is 3.78. The normalized spacial score (nSPS) is 17.1. The molecular weight excluding hydrogens is 446 g/mol. The van der Waals surface area contributed by atoms with Crippen LogP contribution in [-0.2, 0) is 4.79 Å². The molecule has 0 aliphatic carbocycles.